The summed E-state index contributed by atoms with van der Waals surface area (Å²) < 4.78 is 37.3. The minimum absolute atomic E-state index is 0.159. The summed E-state index contributed by atoms with van der Waals surface area (Å²) in [5.41, 5.74) is 0.443. The minimum atomic E-state index is -3.54. The van der Waals surface area contributed by atoms with E-state index in [1.54, 1.807) is 43.0 Å². The predicted molar refractivity (Wildman–Crippen MR) is 110 cm³/mol. The maximum absolute atomic E-state index is 12.8. The van der Waals surface area contributed by atoms with Crippen molar-refractivity contribution in [1.82, 2.24) is 19.4 Å². The van der Waals surface area contributed by atoms with Gasteiger partial charge in [-0.3, -0.25) is 4.79 Å². The standard InChI is InChI=1S/C20H26N4O5S/c1-4-24(5-2)30(26,27)17-8-6-15(7-9-17)20(25)23-13-12-16(14-23)29-19-11-10-18(28-3)21-22-19/h6-11,16H,4-5,12-14H2,1-3H3. The average molecular weight is 435 g/mol. The maximum Gasteiger partial charge on any atom is 0.253 e. The number of carbonyl (C=O) groups excluding carboxylic acids is 1. The number of nitrogens with zero attached hydrogens (tertiary/aromatic N) is 4. The number of aromatic nitrogens is 2. The number of methoxy groups -OCH3 is 1. The van der Waals surface area contributed by atoms with E-state index in [0.29, 0.717) is 49.9 Å². The van der Waals surface area contributed by atoms with Gasteiger partial charge in [0, 0.05) is 43.8 Å². The molecule has 1 fully saturated rings. The van der Waals surface area contributed by atoms with Gasteiger partial charge in [-0.05, 0) is 24.3 Å². The second kappa shape index (κ2) is 9.40. The Morgan fingerprint density at radius 2 is 1.73 bits per heavy atom. The summed E-state index contributed by atoms with van der Waals surface area (Å²) in [6.45, 7) is 5.35. The first-order valence-corrected chi connectivity index (χ1v) is 11.3. The molecule has 1 amide bonds. The van der Waals surface area contributed by atoms with Crippen molar-refractivity contribution in [3.8, 4) is 11.8 Å². The first kappa shape index (κ1) is 22.0. The van der Waals surface area contributed by atoms with E-state index in [9.17, 15) is 13.2 Å². The van der Waals surface area contributed by atoms with E-state index in [2.05, 4.69) is 10.2 Å². The lowest BCUT2D eigenvalue weighted by molar-refractivity contribution is 0.0771. The quantitative estimate of drug-likeness (QED) is 0.624. The number of amides is 1. The zero-order valence-corrected chi connectivity index (χ0v) is 18.1. The van der Waals surface area contributed by atoms with Gasteiger partial charge in [-0.25, -0.2) is 8.42 Å². The van der Waals surface area contributed by atoms with Crippen LogP contribution in [-0.4, -0.2) is 73.1 Å². The lowest BCUT2D eigenvalue weighted by Gasteiger charge is -2.19. The monoisotopic (exact) mass is 434 g/mol. The summed E-state index contributed by atoms with van der Waals surface area (Å²) in [5, 5.41) is 7.80. The topological polar surface area (TPSA) is 102 Å². The molecule has 1 saturated heterocycles. The number of sulfonamides is 1. The molecule has 9 nitrogen and oxygen atoms in total. The SMILES string of the molecule is CCN(CC)S(=O)(=O)c1ccc(C(=O)N2CCC(Oc3ccc(OC)nn3)C2)cc1. The Kier molecular flexibility index (Phi) is 6.88. The van der Waals surface area contributed by atoms with Gasteiger partial charge in [0.2, 0.25) is 21.8 Å². The molecule has 1 atom stereocenters. The largest absolute Gasteiger partial charge is 0.480 e. The fourth-order valence-electron chi connectivity index (χ4n) is 3.32. The number of carbonyl (C=O) groups is 1. The number of ether oxygens (including phenoxy) is 2. The lowest BCUT2D eigenvalue weighted by atomic mass is 10.2. The van der Waals surface area contributed by atoms with Crippen molar-refractivity contribution in [2.75, 3.05) is 33.3 Å². The van der Waals surface area contributed by atoms with Crippen LogP contribution in [0, 0.1) is 0 Å². The smallest absolute Gasteiger partial charge is 0.253 e. The van der Waals surface area contributed by atoms with E-state index >= 15 is 0 Å². The normalized spacial score (nSPS) is 16.7. The van der Waals surface area contributed by atoms with Crippen molar-refractivity contribution >= 4 is 15.9 Å². The molecule has 1 aromatic heterocycles. The highest BCUT2D eigenvalue weighted by atomic mass is 32.2. The van der Waals surface area contributed by atoms with Crippen LogP contribution in [0.4, 0.5) is 0 Å². The van der Waals surface area contributed by atoms with Crippen LogP contribution < -0.4 is 9.47 Å². The molecule has 0 spiro atoms. The van der Waals surface area contributed by atoms with E-state index in [0.717, 1.165) is 0 Å². The highest BCUT2D eigenvalue weighted by Gasteiger charge is 2.29. The zero-order chi connectivity index (χ0) is 21.7. The Hall–Kier alpha value is -2.72. The molecule has 1 aliphatic rings. The first-order chi connectivity index (χ1) is 14.4. The number of rotatable bonds is 8. The first-order valence-electron chi connectivity index (χ1n) is 9.82. The van der Waals surface area contributed by atoms with Gasteiger partial charge in [0.15, 0.2) is 0 Å². The highest BCUT2D eigenvalue weighted by molar-refractivity contribution is 7.89. The van der Waals surface area contributed by atoms with Crippen LogP contribution in [0.2, 0.25) is 0 Å². The van der Waals surface area contributed by atoms with Crippen molar-refractivity contribution in [3.63, 3.8) is 0 Å². The third-order valence-electron chi connectivity index (χ3n) is 4.99. The fourth-order valence-corrected chi connectivity index (χ4v) is 4.78. The zero-order valence-electron chi connectivity index (χ0n) is 17.3. The fraction of sp³-hybridized carbons (Fsp3) is 0.450. The Labute approximate surface area is 176 Å². The summed E-state index contributed by atoms with van der Waals surface area (Å²) in [5.74, 6) is 0.617. The third-order valence-corrected chi connectivity index (χ3v) is 7.05. The Bertz CT molecular complexity index is 960. The molecule has 10 heteroatoms. The van der Waals surface area contributed by atoms with Gasteiger partial charge >= 0.3 is 0 Å². The molecular formula is C20H26N4O5S. The van der Waals surface area contributed by atoms with Gasteiger partial charge in [0.1, 0.15) is 6.10 Å². The van der Waals surface area contributed by atoms with Crippen molar-refractivity contribution in [2.24, 2.45) is 0 Å². The van der Waals surface area contributed by atoms with Gasteiger partial charge in [0.25, 0.3) is 5.91 Å². The molecule has 1 aliphatic heterocycles. The van der Waals surface area contributed by atoms with E-state index in [1.807, 2.05) is 0 Å². The van der Waals surface area contributed by atoms with Gasteiger partial charge in [-0.15, -0.1) is 10.2 Å². The summed E-state index contributed by atoms with van der Waals surface area (Å²) >= 11 is 0. The van der Waals surface area contributed by atoms with Crippen LogP contribution in [0.3, 0.4) is 0 Å². The molecule has 30 heavy (non-hydrogen) atoms. The van der Waals surface area contributed by atoms with Crippen molar-refractivity contribution in [2.45, 2.75) is 31.3 Å². The number of hydrogen-bond acceptors (Lipinski definition) is 7. The van der Waals surface area contributed by atoms with Gasteiger partial charge in [-0.1, -0.05) is 13.8 Å². The van der Waals surface area contributed by atoms with Gasteiger partial charge in [-0.2, -0.15) is 4.31 Å². The van der Waals surface area contributed by atoms with Crippen LogP contribution in [0.1, 0.15) is 30.6 Å². The summed E-state index contributed by atoms with van der Waals surface area (Å²) in [6.07, 6.45) is 0.493. The number of benzene rings is 1. The summed E-state index contributed by atoms with van der Waals surface area (Å²) in [6, 6.07) is 9.42. The molecule has 1 unspecified atom stereocenters. The molecule has 2 heterocycles. The maximum atomic E-state index is 12.8. The van der Waals surface area contributed by atoms with Crippen LogP contribution in [0.15, 0.2) is 41.3 Å². The average Bonchev–Trinajstić information content (AvgIpc) is 3.23. The van der Waals surface area contributed by atoms with Gasteiger partial charge < -0.3 is 14.4 Å². The van der Waals surface area contributed by atoms with Crippen LogP contribution in [0.5, 0.6) is 11.8 Å². The van der Waals surface area contributed by atoms with E-state index < -0.39 is 10.0 Å². The molecule has 0 N–H and O–H groups in total. The van der Waals surface area contributed by atoms with E-state index in [-0.39, 0.29) is 16.9 Å². The number of likely N-dealkylation sites (tertiary alicyclic amines) is 1. The van der Waals surface area contributed by atoms with Gasteiger partial charge in [0.05, 0.1) is 18.6 Å². The molecule has 0 bridgehead atoms. The molecule has 0 aliphatic carbocycles. The van der Waals surface area contributed by atoms with Crippen molar-refractivity contribution in [3.05, 3.63) is 42.0 Å². The molecule has 162 valence electrons. The van der Waals surface area contributed by atoms with Crippen LogP contribution in [-0.2, 0) is 10.0 Å². The Morgan fingerprint density at radius 3 is 2.30 bits per heavy atom. The van der Waals surface area contributed by atoms with E-state index in [1.165, 1.54) is 23.5 Å². The predicted octanol–water partition coefficient (Wildman–Crippen LogP) is 1.81. The Balaban J connectivity index is 1.63. The molecule has 1 aromatic carbocycles. The Morgan fingerprint density at radius 1 is 1.10 bits per heavy atom. The molecule has 0 saturated carbocycles. The minimum Gasteiger partial charge on any atom is -0.480 e. The van der Waals surface area contributed by atoms with Crippen molar-refractivity contribution in [1.29, 1.82) is 0 Å². The van der Waals surface area contributed by atoms with E-state index in [4.69, 9.17) is 9.47 Å². The molecule has 2 aromatic rings. The third kappa shape index (κ3) is 4.71. The van der Waals surface area contributed by atoms with Crippen LogP contribution >= 0.6 is 0 Å². The molecular weight excluding hydrogens is 408 g/mol. The second-order valence-electron chi connectivity index (χ2n) is 6.81. The molecule has 3 rings (SSSR count). The lowest BCUT2D eigenvalue weighted by Crippen LogP contribution is -2.31. The van der Waals surface area contributed by atoms with Crippen molar-refractivity contribution < 1.29 is 22.7 Å². The summed E-state index contributed by atoms with van der Waals surface area (Å²) in [7, 11) is -2.03. The summed E-state index contributed by atoms with van der Waals surface area (Å²) in [4.78, 5) is 14.7. The molecule has 0 radical (unpaired) electrons. The second-order valence-corrected chi connectivity index (χ2v) is 8.75. The highest BCUT2D eigenvalue weighted by Crippen LogP contribution is 2.21. The van der Waals surface area contributed by atoms with Crippen LogP contribution in [0.25, 0.3) is 0 Å². The number of hydrogen-bond donors (Lipinski definition) is 0.